The number of carbonyl (C=O) groups excluding carboxylic acids is 2. The number of hydrogen-bond donors (Lipinski definition) is 2. The number of hydrogen-bond acceptors (Lipinski definition) is 3. The second kappa shape index (κ2) is 6.30. The Kier molecular flexibility index (Phi) is 5.02. The minimum atomic E-state index is -0.304. The summed E-state index contributed by atoms with van der Waals surface area (Å²) in [5, 5.41) is 4.94. The number of rotatable bonds is 4. The lowest BCUT2D eigenvalue weighted by molar-refractivity contribution is -0.119. The third-order valence-electron chi connectivity index (χ3n) is 1.59. The van der Waals surface area contributed by atoms with Crippen LogP contribution >= 0.6 is 27.3 Å². The smallest absolute Gasteiger partial charge is 0.261 e. The first kappa shape index (κ1) is 12.7. The van der Waals surface area contributed by atoms with E-state index in [2.05, 4.69) is 32.5 Å². The van der Waals surface area contributed by atoms with Crippen molar-refractivity contribution in [3.8, 4) is 12.3 Å². The topological polar surface area (TPSA) is 58.2 Å². The molecule has 0 atom stereocenters. The molecule has 1 aromatic rings. The fourth-order valence-corrected chi connectivity index (χ4v) is 2.20. The molecule has 6 heteroatoms. The third kappa shape index (κ3) is 4.04. The number of amides is 2. The fourth-order valence-electron chi connectivity index (χ4n) is 0.896. The molecule has 2 amide bonds. The first-order valence-corrected chi connectivity index (χ1v) is 5.98. The van der Waals surface area contributed by atoms with E-state index < -0.39 is 0 Å². The minimum absolute atomic E-state index is 0.0734. The summed E-state index contributed by atoms with van der Waals surface area (Å²) in [6.45, 7) is 0.0925. The van der Waals surface area contributed by atoms with Crippen LogP contribution in [0.15, 0.2) is 15.9 Å². The van der Waals surface area contributed by atoms with Gasteiger partial charge < -0.3 is 10.6 Å². The lowest BCUT2D eigenvalue weighted by Gasteiger charge is -2.02. The van der Waals surface area contributed by atoms with Crippen LogP contribution in [0.5, 0.6) is 0 Å². The van der Waals surface area contributed by atoms with Gasteiger partial charge in [0.2, 0.25) is 5.91 Å². The summed E-state index contributed by atoms with van der Waals surface area (Å²) in [6, 6.07) is 3.46. The number of nitrogens with one attached hydrogen (secondary N) is 2. The largest absolute Gasteiger partial charge is 0.344 e. The molecule has 0 aromatic carbocycles. The molecule has 0 aliphatic rings. The minimum Gasteiger partial charge on any atom is -0.344 e. The first-order valence-electron chi connectivity index (χ1n) is 4.37. The summed E-state index contributed by atoms with van der Waals surface area (Å²) in [5.74, 6) is 1.70. The molecule has 1 heterocycles. The van der Waals surface area contributed by atoms with E-state index in [-0.39, 0.29) is 24.9 Å². The van der Waals surface area contributed by atoms with E-state index in [0.717, 1.165) is 3.79 Å². The third-order valence-corrected chi connectivity index (χ3v) is 3.22. The van der Waals surface area contributed by atoms with Gasteiger partial charge in [0.05, 0.1) is 21.8 Å². The van der Waals surface area contributed by atoms with Gasteiger partial charge >= 0.3 is 0 Å². The van der Waals surface area contributed by atoms with Crippen LogP contribution in [0.4, 0.5) is 0 Å². The molecule has 0 saturated heterocycles. The van der Waals surface area contributed by atoms with Crippen LogP contribution in [0.1, 0.15) is 9.67 Å². The lowest BCUT2D eigenvalue weighted by Crippen LogP contribution is -2.36. The van der Waals surface area contributed by atoms with Crippen molar-refractivity contribution >= 4 is 39.1 Å². The van der Waals surface area contributed by atoms with Crippen molar-refractivity contribution in [2.24, 2.45) is 0 Å². The van der Waals surface area contributed by atoms with Gasteiger partial charge in [-0.2, -0.15) is 0 Å². The van der Waals surface area contributed by atoms with Crippen LogP contribution in [0, 0.1) is 12.3 Å². The van der Waals surface area contributed by atoms with Gasteiger partial charge in [-0.1, -0.05) is 5.92 Å². The second-order valence-electron chi connectivity index (χ2n) is 2.77. The summed E-state index contributed by atoms with van der Waals surface area (Å²) >= 11 is 4.56. The summed E-state index contributed by atoms with van der Waals surface area (Å²) in [5.41, 5.74) is 0. The van der Waals surface area contributed by atoms with Crippen molar-refractivity contribution in [1.29, 1.82) is 0 Å². The Morgan fingerprint density at radius 2 is 2.19 bits per heavy atom. The standard InChI is InChI=1S/C10H9BrN2O2S/c1-2-5-12-9(14)6-13-10(15)7-3-4-8(11)16-7/h1,3-4H,5-6H2,(H,12,14)(H,13,15). The van der Waals surface area contributed by atoms with Crippen LogP contribution in [0.3, 0.4) is 0 Å². The molecule has 0 aliphatic heterocycles. The predicted octanol–water partition coefficient (Wildman–Crippen LogP) is 0.990. The highest BCUT2D eigenvalue weighted by atomic mass is 79.9. The number of terminal acetylenes is 1. The maximum absolute atomic E-state index is 11.5. The molecule has 84 valence electrons. The Morgan fingerprint density at radius 3 is 2.75 bits per heavy atom. The maximum atomic E-state index is 11.5. The molecular formula is C10H9BrN2O2S. The van der Waals surface area contributed by atoms with Crippen molar-refractivity contribution in [3.05, 3.63) is 20.8 Å². The zero-order valence-corrected chi connectivity index (χ0v) is 10.7. The van der Waals surface area contributed by atoms with Gasteiger partial charge in [-0.25, -0.2) is 0 Å². The number of thiophene rings is 1. The van der Waals surface area contributed by atoms with Gasteiger partial charge in [0, 0.05) is 0 Å². The SMILES string of the molecule is C#CCNC(=O)CNC(=O)c1ccc(Br)s1. The fraction of sp³-hybridized carbons (Fsp3) is 0.200. The van der Waals surface area contributed by atoms with E-state index >= 15 is 0 Å². The molecule has 2 N–H and O–H groups in total. The molecule has 0 aliphatic carbocycles. The van der Waals surface area contributed by atoms with Crippen LogP contribution in [-0.2, 0) is 4.79 Å². The monoisotopic (exact) mass is 300 g/mol. The molecule has 0 bridgehead atoms. The summed E-state index contributed by atoms with van der Waals surface area (Å²) in [4.78, 5) is 23.2. The molecule has 1 aromatic heterocycles. The number of carbonyl (C=O) groups is 2. The second-order valence-corrected chi connectivity index (χ2v) is 5.23. The molecule has 0 unspecified atom stereocenters. The van der Waals surface area contributed by atoms with Crippen molar-refractivity contribution in [2.45, 2.75) is 0 Å². The molecule has 0 fully saturated rings. The Morgan fingerprint density at radius 1 is 1.44 bits per heavy atom. The molecule has 0 saturated carbocycles. The van der Waals surface area contributed by atoms with Crippen molar-refractivity contribution < 1.29 is 9.59 Å². The van der Waals surface area contributed by atoms with Crippen LogP contribution in [0.25, 0.3) is 0 Å². The average molecular weight is 301 g/mol. The molecule has 0 spiro atoms. The summed E-state index contributed by atoms with van der Waals surface area (Å²) in [6.07, 6.45) is 4.97. The molecule has 4 nitrogen and oxygen atoms in total. The maximum Gasteiger partial charge on any atom is 0.261 e. The normalized spacial score (nSPS) is 9.25. The van der Waals surface area contributed by atoms with Gasteiger partial charge in [-0.15, -0.1) is 17.8 Å². The zero-order valence-electron chi connectivity index (χ0n) is 8.25. The Labute approximate surface area is 106 Å². The summed E-state index contributed by atoms with van der Waals surface area (Å²) in [7, 11) is 0. The van der Waals surface area contributed by atoms with Gasteiger partial charge in [-0.3, -0.25) is 9.59 Å². The van der Waals surface area contributed by atoms with Crippen molar-refractivity contribution in [3.63, 3.8) is 0 Å². The van der Waals surface area contributed by atoms with Crippen molar-refractivity contribution in [2.75, 3.05) is 13.1 Å². The van der Waals surface area contributed by atoms with E-state index in [4.69, 9.17) is 6.42 Å². The highest BCUT2D eigenvalue weighted by Crippen LogP contribution is 2.21. The highest BCUT2D eigenvalue weighted by molar-refractivity contribution is 9.11. The molecule has 16 heavy (non-hydrogen) atoms. The number of halogens is 1. The van der Waals surface area contributed by atoms with E-state index in [1.54, 1.807) is 12.1 Å². The average Bonchev–Trinajstić information content (AvgIpc) is 2.69. The van der Waals surface area contributed by atoms with Gasteiger partial charge in [0.1, 0.15) is 0 Å². The van der Waals surface area contributed by atoms with Gasteiger partial charge in [-0.05, 0) is 28.1 Å². The summed E-state index contributed by atoms with van der Waals surface area (Å²) < 4.78 is 0.870. The van der Waals surface area contributed by atoms with E-state index in [1.165, 1.54) is 11.3 Å². The van der Waals surface area contributed by atoms with Crippen LogP contribution in [0.2, 0.25) is 0 Å². The van der Waals surface area contributed by atoms with Crippen LogP contribution < -0.4 is 10.6 Å². The Balaban J connectivity index is 2.36. The molecule has 1 rings (SSSR count). The Hall–Kier alpha value is -1.32. The van der Waals surface area contributed by atoms with Crippen LogP contribution in [-0.4, -0.2) is 24.9 Å². The quantitative estimate of drug-likeness (QED) is 0.815. The lowest BCUT2D eigenvalue weighted by atomic mass is 10.4. The molecule has 0 radical (unpaired) electrons. The predicted molar refractivity (Wildman–Crippen MR) is 66.2 cm³/mol. The first-order chi connectivity index (χ1) is 7.63. The Bertz CT molecular complexity index is 436. The van der Waals surface area contributed by atoms with E-state index in [1.807, 2.05) is 0 Å². The van der Waals surface area contributed by atoms with Crippen molar-refractivity contribution in [1.82, 2.24) is 10.6 Å². The van der Waals surface area contributed by atoms with Gasteiger partial charge in [0.15, 0.2) is 0 Å². The zero-order chi connectivity index (χ0) is 12.0. The van der Waals surface area contributed by atoms with E-state index in [9.17, 15) is 9.59 Å². The highest BCUT2D eigenvalue weighted by Gasteiger charge is 2.09. The van der Waals surface area contributed by atoms with Gasteiger partial charge in [0.25, 0.3) is 5.91 Å². The molecular weight excluding hydrogens is 292 g/mol. The van der Waals surface area contributed by atoms with E-state index in [0.29, 0.717) is 4.88 Å².